The van der Waals surface area contributed by atoms with Crippen molar-refractivity contribution in [1.29, 1.82) is 0 Å². The first kappa shape index (κ1) is 22.0. The Hall–Kier alpha value is -1.04. The van der Waals surface area contributed by atoms with Crippen molar-refractivity contribution in [2.75, 3.05) is 24.2 Å². The molecule has 0 aliphatic rings. The van der Waals surface area contributed by atoms with Gasteiger partial charge in [-0.05, 0) is 31.0 Å². The number of aliphatic hydroxyl groups excluding tert-OH is 1. The van der Waals surface area contributed by atoms with Crippen LogP contribution in [0.25, 0.3) is 10.9 Å². The molecule has 0 saturated heterocycles. The minimum Gasteiger partial charge on any atom is -0.396 e. The Labute approximate surface area is 152 Å². The largest absolute Gasteiger partial charge is 0.396 e. The van der Waals surface area contributed by atoms with E-state index in [0.29, 0.717) is 10.8 Å². The van der Waals surface area contributed by atoms with Crippen LogP contribution in [-0.2, 0) is 0 Å². The van der Waals surface area contributed by atoms with Gasteiger partial charge in [0, 0.05) is 23.0 Å². The van der Waals surface area contributed by atoms with Crippen LogP contribution in [0.2, 0.25) is 5.15 Å². The maximum Gasteiger partial charge on any atom is 0.154 e. The van der Waals surface area contributed by atoms with E-state index in [0.717, 1.165) is 40.4 Å². The van der Waals surface area contributed by atoms with Crippen LogP contribution in [-0.4, -0.2) is 23.2 Å². The fourth-order valence-corrected chi connectivity index (χ4v) is 2.41. The van der Waals surface area contributed by atoms with E-state index in [1.54, 1.807) is 0 Å². The zero-order chi connectivity index (χ0) is 17.8. The van der Waals surface area contributed by atoms with Gasteiger partial charge in [0.15, 0.2) is 5.15 Å². The summed E-state index contributed by atoms with van der Waals surface area (Å²) in [4.78, 5) is 4.26. The number of unbranched alkanes of at least 4 members (excludes halogenated alkanes) is 1. The second kappa shape index (κ2) is 12.4. The van der Waals surface area contributed by atoms with Gasteiger partial charge < -0.3 is 16.2 Å². The lowest BCUT2D eigenvalue weighted by Crippen LogP contribution is -2.07. The van der Waals surface area contributed by atoms with Gasteiger partial charge in [-0.3, -0.25) is 0 Å². The number of fused-ring (bicyclic) bond motifs is 1. The van der Waals surface area contributed by atoms with E-state index in [1.807, 2.05) is 45.9 Å². The molecule has 0 amide bonds. The molecule has 130 valence electrons. The fourth-order valence-electron chi connectivity index (χ4n) is 1.86. The van der Waals surface area contributed by atoms with Gasteiger partial charge in [-0.15, -0.1) is 0 Å². The lowest BCUT2D eigenvalue weighted by molar-refractivity contribution is 0.286. The van der Waals surface area contributed by atoms with Crippen molar-refractivity contribution in [3.8, 4) is 0 Å². The molecule has 0 aliphatic carbocycles. The molecule has 0 saturated carbocycles. The summed E-state index contributed by atoms with van der Waals surface area (Å²) in [6.45, 7) is 8.92. The normalized spacial score (nSPS) is 9.52. The maximum atomic E-state index is 8.78. The van der Waals surface area contributed by atoms with Gasteiger partial charge in [-0.1, -0.05) is 55.2 Å². The van der Waals surface area contributed by atoms with Crippen molar-refractivity contribution < 1.29 is 5.11 Å². The van der Waals surface area contributed by atoms with E-state index >= 15 is 0 Å². The third-order valence-corrected chi connectivity index (χ3v) is 3.61. The number of nitrogens with one attached hydrogen (secondary N) is 1. The minimum absolute atomic E-state index is 0.195. The first-order valence-corrected chi connectivity index (χ1v) is 9.19. The number of nitrogens with two attached hydrogens (primary N) is 1. The Morgan fingerprint density at radius 2 is 1.87 bits per heavy atom. The second-order valence-electron chi connectivity index (χ2n) is 4.21. The first-order chi connectivity index (χ1) is 11.1. The molecule has 23 heavy (non-hydrogen) atoms. The molecule has 4 nitrogen and oxygen atoms in total. The molecule has 1 aromatic carbocycles. The van der Waals surface area contributed by atoms with Crippen LogP contribution in [0.4, 0.5) is 11.4 Å². The van der Waals surface area contributed by atoms with Crippen LogP contribution in [0.1, 0.15) is 40.5 Å². The number of nitrogen functional groups attached to an aromatic ring is 1. The third-order valence-electron chi connectivity index (χ3n) is 2.82. The molecule has 0 aliphatic heterocycles. The van der Waals surface area contributed by atoms with E-state index in [4.69, 9.17) is 22.4 Å². The van der Waals surface area contributed by atoms with Gasteiger partial charge in [-0.2, -0.15) is 0 Å². The van der Waals surface area contributed by atoms with Crippen LogP contribution >= 0.6 is 27.5 Å². The highest BCUT2D eigenvalue weighted by Crippen LogP contribution is 2.34. The smallest absolute Gasteiger partial charge is 0.154 e. The van der Waals surface area contributed by atoms with Gasteiger partial charge in [-0.25, -0.2) is 4.98 Å². The summed E-state index contributed by atoms with van der Waals surface area (Å²) in [5.74, 6) is 0. The van der Waals surface area contributed by atoms with Crippen LogP contribution in [0.3, 0.4) is 0 Å². The van der Waals surface area contributed by atoms with E-state index in [1.165, 1.54) is 0 Å². The number of pyridine rings is 1. The number of aromatic nitrogens is 1. The summed E-state index contributed by atoms with van der Waals surface area (Å²) in [5.41, 5.74) is 8.05. The van der Waals surface area contributed by atoms with E-state index < -0.39 is 0 Å². The highest BCUT2D eigenvalue weighted by atomic mass is 79.9. The van der Waals surface area contributed by atoms with Crippen molar-refractivity contribution >= 4 is 49.8 Å². The topological polar surface area (TPSA) is 71.2 Å². The molecule has 0 bridgehead atoms. The monoisotopic (exact) mass is 403 g/mol. The highest BCUT2D eigenvalue weighted by molar-refractivity contribution is 9.10. The number of nitrogens with zero attached hydrogens (tertiary/aromatic N) is 1. The minimum atomic E-state index is 0.195. The predicted octanol–water partition coefficient (Wildman–Crippen LogP) is 5.47. The van der Waals surface area contributed by atoms with Gasteiger partial charge in [0.1, 0.15) is 0 Å². The molecule has 0 fully saturated rings. The lowest BCUT2D eigenvalue weighted by atomic mass is 10.1. The number of hydrogen-bond donors (Lipinski definition) is 3. The maximum absolute atomic E-state index is 8.78. The van der Waals surface area contributed by atoms with Crippen molar-refractivity contribution in [3.05, 3.63) is 27.8 Å². The third kappa shape index (κ3) is 6.53. The standard InChI is InChI=1S/C13H15BrClN3O.2C2H6/c14-8-3-4-10-9(7-8)12(11(16)13(15)18-10)17-5-1-2-6-19;2*1-2/h3-4,7,19H,1-2,5-6,16H2,(H,17,18);2*1-2H3. The Kier molecular flexibility index (Phi) is 11.8. The van der Waals surface area contributed by atoms with Crippen molar-refractivity contribution in [2.24, 2.45) is 0 Å². The molecule has 0 radical (unpaired) electrons. The summed E-state index contributed by atoms with van der Waals surface area (Å²) >= 11 is 9.49. The van der Waals surface area contributed by atoms with Crippen LogP contribution in [0.5, 0.6) is 0 Å². The average Bonchev–Trinajstić information content (AvgIpc) is 2.59. The quantitative estimate of drug-likeness (QED) is 0.456. The predicted molar refractivity (Wildman–Crippen MR) is 106 cm³/mol. The van der Waals surface area contributed by atoms with Crippen molar-refractivity contribution in [2.45, 2.75) is 40.5 Å². The number of benzene rings is 1. The summed E-state index contributed by atoms with van der Waals surface area (Å²) < 4.78 is 0.960. The van der Waals surface area contributed by atoms with Crippen molar-refractivity contribution in [3.63, 3.8) is 0 Å². The molecule has 2 rings (SSSR count). The van der Waals surface area contributed by atoms with E-state index in [9.17, 15) is 0 Å². The molecule has 0 atom stereocenters. The molecule has 4 N–H and O–H groups in total. The first-order valence-electron chi connectivity index (χ1n) is 8.02. The Bertz CT molecular complexity index is 594. The SMILES string of the molecule is CC.CC.Nc1c(Cl)nc2ccc(Br)cc2c1NCCCCO. The summed E-state index contributed by atoms with van der Waals surface area (Å²) in [7, 11) is 0. The van der Waals surface area contributed by atoms with Crippen LogP contribution < -0.4 is 11.1 Å². The number of aliphatic hydroxyl groups is 1. The van der Waals surface area contributed by atoms with Gasteiger partial charge in [0.2, 0.25) is 0 Å². The van der Waals surface area contributed by atoms with Gasteiger partial charge in [0.25, 0.3) is 0 Å². The molecule has 6 heteroatoms. The number of halogens is 2. The zero-order valence-electron chi connectivity index (χ0n) is 14.3. The molecule has 1 heterocycles. The summed E-state index contributed by atoms with van der Waals surface area (Å²) in [6.07, 6.45) is 1.62. The summed E-state index contributed by atoms with van der Waals surface area (Å²) in [5, 5.41) is 13.3. The Balaban J connectivity index is 0.00000112. The molecular formula is C17H27BrClN3O. The van der Waals surface area contributed by atoms with Gasteiger partial charge in [0.05, 0.1) is 16.9 Å². The average molecular weight is 405 g/mol. The number of rotatable bonds is 5. The lowest BCUT2D eigenvalue weighted by Gasteiger charge is -2.13. The van der Waals surface area contributed by atoms with E-state index in [2.05, 4.69) is 26.2 Å². The fraction of sp³-hybridized carbons (Fsp3) is 0.471. The van der Waals surface area contributed by atoms with Crippen LogP contribution in [0.15, 0.2) is 22.7 Å². The second-order valence-corrected chi connectivity index (χ2v) is 5.48. The van der Waals surface area contributed by atoms with Crippen LogP contribution in [0, 0.1) is 0 Å². The van der Waals surface area contributed by atoms with Crippen molar-refractivity contribution in [1.82, 2.24) is 4.98 Å². The Morgan fingerprint density at radius 3 is 2.48 bits per heavy atom. The van der Waals surface area contributed by atoms with E-state index in [-0.39, 0.29) is 6.61 Å². The molecule has 0 unspecified atom stereocenters. The molecule has 0 spiro atoms. The highest BCUT2D eigenvalue weighted by Gasteiger charge is 2.11. The molecule has 1 aromatic heterocycles. The summed E-state index contributed by atoms with van der Waals surface area (Å²) in [6, 6.07) is 5.77. The Morgan fingerprint density at radius 1 is 1.22 bits per heavy atom. The zero-order valence-corrected chi connectivity index (χ0v) is 16.6. The molecule has 2 aromatic rings. The number of hydrogen-bond acceptors (Lipinski definition) is 4. The molecular weight excluding hydrogens is 378 g/mol. The number of anilines is 2. The van der Waals surface area contributed by atoms with Gasteiger partial charge >= 0.3 is 0 Å².